The molecular formula is C20H22N4O2S. The van der Waals surface area contributed by atoms with E-state index in [1.165, 1.54) is 5.56 Å². The molecule has 0 spiro atoms. The van der Waals surface area contributed by atoms with Crippen molar-refractivity contribution in [3.8, 4) is 5.75 Å². The van der Waals surface area contributed by atoms with Crippen LogP contribution in [0.4, 0.5) is 0 Å². The molecule has 1 fully saturated rings. The van der Waals surface area contributed by atoms with Gasteiger partial charge in [-0.2, -0.15) is 0 Å². The summed E-state index contributed by atoms with van der Waals surface area (Å²) in [4.78, 5) is 0. The van der Waals surface area contributed by atoms with Crippen molar-refractivity contribution in [2.75, 3.05) is 6.61 Å². The van der Waals surface area contributed by atoms with E-state index in [1.54, 1.807) is 11.8 Å². The Kier molecular flexibility index (Phi) is 6.01. The van der Waals surface area contributed by atoms with Gasteiger partial charge in [-0.15, -0.1) is 5.10 Å². The van der Waals surface area contributed by atoms with Crippen LogP contribution in [-0.2, 0) is 23.6 Å². The van der Waals surface area contributed by atoms with Gasteiger partial charge >= 0.3 is 0 Å². The summed E-state index contributed by atoms with van der Waals surface area (Å²) in [7, 11) is 0. The lowest BCUT2D eigenvalue weighted by Gasteiger charge is -2.10. The van der Waals surface area contributed by atoms with Crippen molar-refractivity contribution in [1.82, 2.24) is 20.2 Å². The van der Waals surface area contributed by atoms with Crippen molar-refractivity contribution in [3.05, 3.63) is 65.7 Å². The van der Waals surface area contributed by atoms with Crippen LogP contribution in [0.15, 0.2) is 59.8 Å². The number of ether oxygens (including phenoxy) is 2. The summed E-state index contributed by atoms with van der Waals surface area (Å²) >= 11 is 1.63. The molecule has 27 heavy (non-hydrogen) atoms. The predicted octanol–water partition coefficient (Wildman–Crippen LogP) is 3.72. The highest BCUT2D eigenvalue weighted by Crippen LogP contribution is 2.24. The number of hydrogen-bond donors (Lipinski definition) is 0. The molecule has 6 nitrogen and oxygen atoms in total. The van der Waals surface area contributed by atoms with Crippen LogP contribution in [0.3, 0.4) is 0 Å². The first-order chi connectivity index (χ1) is 13.4. The summed E-state index contributed by atoms with van der Waals surface area (Å²) < 4.78 is 13.4. The zero-order valence-corrected chi connectivity index (χ0v) is 15.8. The SMILES string of the molecule is c1ccc(COc2cccc(CSc3nnnn3CC3CCCO3)c2)cc1. The van der Waals surface area contributed by atoms with Gasteiger partial charge in [-0.05, 0) is 46.5 Å². The molecule has 1 aliphatic rings. The number of hydrogen-bond acceptors (Lipinski definition) is 6. The van der Waals surface area contributed by atoms with Gasteiger partial charge in [0.25, 0.3) is 0 Å². The Morgan fingerprint density at radius 3 is 2.85 bits per heavy atom. The Balaban J connectivity index is 1.33. The third kappa shape index (κ3) is 5.08. The smallest absolute Gasteiger partial charge is 0.209 e. The van der Waals surface area contributed by atoms with Gasteiger partial charge in [0.05, 0.1) is 12.6 Å². The first kappa shape index (κ1) is 18.0. The molecule has 7 heteroatoms. The average Bonchev–Trinajstić information content (AvgIpc) is 3.38. The van der Waals surface area contributed by atoms with Crippen molar-refractivity contribution in [2.45, 2.75) is 43.0 Å². The first-order valence-corrected chi connectivity index (χ1v) is 10.1. The third-order valence-corrected chi connectivity index (χ3v) is 5.44. The summed E-state index contributed by atoms with van der Waals surface area (Å²) in [5.74, 6) is 1.66. The molecule has 1 aromatic heterocycles. The molecule has 0 bridgehead atoms. The molecule has 2 aromatic carbocycles. The monoisotopic (exact) mass is 382 g/mol. The number of rotatable bonds is 8. The van der Waals surface area contributed by atoms with Crippen LogP contribution < -0.4 is 4.74 Å². The maximum Gasteiger partial charge on any atom is 0.209 e. The van der Waals surface area contributed by atoms with Crippen LogP contribution in [0.2, 0.25) is 0 Å². The van der Waals surface area contributed by atoms with E-state index in [4.69, 9.17) is 9.47 Å². The number of thioether (sulfide) groups is 1. The Morgan fingerprint density at radius 1 is 1.11 bits per heavy atom. The number of benzene rings is 2. The van der Waals surface area contributed by atoms with Crippen molar-refractivity contribution in [1.29, 1.82) is 0 Å². The van der Waals surface area contributed by atoms with E-state index in [1.807, 2.05) is 35.0 Å². The number of nitrogens with zero attached hydrogens (tertiary/aromatic N) is 4. The van der Waals surface area contributed by atoms with Crippen LogP contribution in [0.5, 0.6) is 5.75 Å². The molecule has 4 rings (SSSR count). The Hall–Kier alpha value is -2.38. The van der Waals surface area contributed by atoms with Gasteiger partial charge in [-0.1, -0.05) is 54.2 Å². The zero-order valence-electron chi connectivity index (χ0n) is 15.0. The predicted molar refractivity (Wildman–Crippen MR) is 104 cm³/mol. The topological polar surface area (TPSA) is 62.1 Å². The highest BCUT2D eigenvalue weighted by molar-refractivity contribution is 7.98. The maximum absolute atomic E-state index is 5.91. The van der Waals surface area contributed by atoms with Crippen molar-refractivity contribution >= 4 is 11.8 Å². The average molecular weight is 382 g/mol. The van der Waals surface area contributed by atoms with Gasteiger partial charge in [-0.25, -0.2) is 4.68 Å². The van der Waals surface area contributed by atoms with Crippen LogP contribution in [-0.4, -0.2) is 32.9 Å². The van der Waals surface area contributed by atoms with E-state index >= 15 is 0 Å². The molecule has 0 amide bonds. The van der Waals surface area contributed by atoms with E-state index < -0.39 is 0 Å². The fraction of sp³-hybridized carbons (Fsp3) is 0.350. The van der Waals surface area contributed by atoms with Gasteiger partial charge in [0.2, 0.25) is 5.16 Å². The molecule has 1 unspecified atom stereocenters. The second kappa shape index (κ2) is 9.01. The van der Waals surface area contributed by atoms with Crippen molar-refractivity contribution in [3.63, 3.8) is 0 Å². The summed E-state index contributed by atoms with van der Waals surface area (Å²) in [5, 5.41) is 12.9. The lowest BCUT2D eigenvalue weighted by Crippen LogP contribution is -2.16. The fourth-order valence-corrected chi connectivity index (χ4v) is 3.84. The quantitative estimate of drug-likeness (QED) is 0.553. The second-order valence-electron chi connectivity index (χ2n) is 6.49. The van der Waals surface area contributed by atoms with Gasteiger partial charge in [0.1, 0.15) is 12.4 Å². The summed E-state index contributed by atoms with van der Waals surface area (Å²) in [6.07, 6.45) is 2.41. The van der Waals surface area contributed by atoms with Crippen LogP contribution in [0.1, 0.15) is 24.0 Å². The van der Waals surface area contributed by atoms with E-state index in [2.05, 4.69) is 39.8 Å². The van der Waals surface area contributed by atoms with Gasteiger partial charge in [-0.3, -0.25) is 0 Å². The highest BCUT2D eigenvalue weighted by atomic mass is 32.2. The normalized spacial score (nSPS) is 16.5. The minimum Gasteiger partial charge on any atom is -0.489 e. The van der Waals surface area contributed by atoms with Gasteiger partial charge in [0, 0.05) is 12.4 Å². The van der Waals surface area contributed by atoms with Crippen LogP contribution in [0.25, 0.3) is 0 Å². The maximum atomic E-state index is 5.91. The van der Waals surface area contributed by atoms with Crippen molar-refractivity contribution < 1.29 is 9.47 Å². The van der Waals surface area contributed by atoms with Gasteiger partial charge < -0.3 is 9.47 Å². The Morgan fingerprint density at radius 2 is 2.00 bits per heavy atom. The van der Waals surface area contributed by atoms with Crippen LogP contribution >= 0.6 is 11.8 Å². The molecule has 0 aliphatic carbocycles. The summed E-state index contributed by atoms with van der Waals surface area (Å²) in [6.45, 7) is 2.12. The summed E-state index contributed by atoms with van der Waals surface area (Å²) in [5.41, 5.74) is 2.34. The Labute approximate surface area is 162 Å². The molecule has 1 atom stereocenters. The molecule has 3 aromatic rings. The highest BCUT2D eigenvalue weighted by Gasteiger charge is 2.18. The lowest BCUT2D eigenvalue weighted by atomic mass is 10.2. The van der Waals surface area contributed by atoms with E-state index in [-0.39, 0.29) is 6.10 Å². The molecule has 2 heterocycles. The third-order valence-electron chi connectivity index (χ3n) is 4.41. The summed E-state index contributed by atoms with van der Waals surface area (Å²) in [6, 6.07) is 18.3. The second-order valence-corrected chi connectivity index (χ2v) is 7.43. The largest absolute Gasteiger partial charge is 0.489 e. The molecule has 140 valence electrons. The zero-order chi connectivity index (χ0) is 18.3. The minimum absolute atomic E-state index is 0.225. The molecular weight excluding hydrogens is 360 g/mol. The minimum atomic E-state index is 0.225. The lowest BCUT2D eigenvalue weighted by molar-refractivity contribution is 0.0912. The Bertz CT molecular complexity index is 850. The number of aromatic nitrogens is 4. The fourth-order valence-electron chi connectivity index (χ4n) is 3.01. The van der Waals surface area contributed by atoms with Gasteiger partial charge in [0.15, 0.2) is 0 Å². The molecule has 1 aliphatic heterocycles. The van der Waals surface area contributed by atoms with Crippen molar-refractivity contribution in [2.24, 2.45) is 0 Å². The van der Waals surface area contributed by atoms with E-state index in [9.17, 15) is 0 Å². The van der Waals surface area contributed by atoms with E-state index in [0.717, 1.165) is 48.2 Å². The van der Waals surface area contributed by atoms with E-state index in [0.29, 0.717) is 6.61 Å². The molecule has 0 saturated carbocycles. The molecule has 1 saturated heterocycles. The molecule has 0 N–H and O–H groups in total. The standard InChI is InChI=1S/C20H22N4O2S/c1-2-6-16(7-3-1)14-26-18-9-4-8-17(12-18)15-27-20-21-22-23-24(20)13-19-10-5-11-25-19/h1-4,6-9,12,19H,5,10-11,13-15H2. The first-order valence-electron chi connectivity index (χ1n) is 9.13. The van der Waals surface area contributed by atoms with Crippen LogP contribution in [0, 0.1) is 0 Å². The molecule has 0 radical (unpaired) electrons. The number of tetrazole rings is 1.